The molecule has 2 amide bonds. The molecular weight excluding hydrogens is 450 g/mol. The maximum Gasteiger partial charge on any atom is 0.573 e. The molecule has 0 saturated carbocycles. The molecule has 1 unspecified atom stereocenters. The second-order valence-electron chi connectivity index (χ2n) is 5.97. The first-order valence-corrected chi connectivity index (χ1v) is 8.79. The second kappa shape index (κ2) is 9.66. The van der Waals surface area contributed by atoms with Gasteiger partial charge in [-0.1, -0.05) is 18.2 Å². The standard InChI is InChI=1S/C19H16F6N2O5/c1-2-30-15(28)17(18(20,21)22,31-13-6-4-3-5-7-13)27-16(29)26-12-8-10-14(11-9-12)32-19(23,24)25/h3-11H,2H2,1H3,(H2,26,27,29). The molecule has 2 aromatic rings. The molecule has 2 rings (SSSR count). The molecule has 0 aliphatic carbocycles. The van der Waals surface area contributed by atoms with E-state index >= 15 is 0 Å². The highest BCUT2D eigenvalue weighted by Crippen LogP contribution is 2.34. The third-order valence-corrected chi connectivity index (χ3v) is 3.61. The number of carbonyl (C=O) groups excluding carboxylic acids is 2. The molecule has 32 heavy (non-hydrogen) atoms. The molecule has 0 radical (unpaired) electrons. The van der Waals surface area contributed by atoms with Gasteiger partial charge in [0.1, 0.15) is 11.5 Å². The van der Waals surface area contributed by atoms with Crippen molar-refractivity contribution in [3.05, 3.63) is 54.6 Å². The van der Waals surface area contributed by atoms with E-state index in [2.05, 4.69) is 9.47 Å². The van der Waals surface area contributed by atoms with Gasteiger partial charge in [0.25, 0.3) is 0 Å². The molecule has 13 heteroatoms. The number of ether oxygens (including phenoxy) is 3. The lowest BCUT2D eigenvalue weighted by atomic mass is 10.2. The molecule has 0 aliphatic rings. The van der Waals surface area contributed by atoms with Crippen LogP contribution in [0.2, 0.25) is 0 Å². The third kappa shape index (κ3) is 6.43. The minimum atomic E-state index is -5.46. The van der Waals surface area contributed by atoms with E-state index in [1.54, 1.807) is 0 Å². The highest BCUT2D eigenvalue weighted by molar-refractivity contribution is 5.94. The van der Waals surface area contributed by atoms with Crippen LogP contribution >= 0.6 is 0 Å². The van der Waals surface area contributed by atoms with Gasteiger partial charge in [-0.2, -0.15) is 13.2 Å². The minimum Gasteiger partial charge on any atom is -0.461 e. The number of anilines is 1. The van der Waals surface area contributed by atoms with Crippen molar-refractivity contribution in [1.82, 2.24) is 5.32 Å². The number of rotatable bonds is 7. The van der Waals surface area contributed by atoms with E-state index in [4.69, 9.17) is 4.74 Å². The van der Waals surface area contributed by atoms with E-state index in [0.717, 1.165) is 36.4 Å². The van der Waals surface area contributed by atoms with Gasteiger partial charge in [-0.25, -0.2) is 9.59 Å². The van der Waals surface area contributed by atoms with Crippen LogP contribution in [0.15, 0.2) is 54.6 Å². The predicted molar refractivity (Wildman–Crippen MR) is 97.8 cm³/mol. The molecule has 0 bridgehead atoms. The number of urea groups is 1. The number of benzene rings is 2. The van der Waals surface area contributed by atoms with Crippen molar-refractivity contribution in [3.8, 4) is 11.5 Å². The maximum absolute atomic E-state index is 14.0. The normalized spacial score (nSPS) is 13.5. The summed E-state index contributed by atoms with van der Waals surface area (Å²) in [6.45, 7) is 0.810. The van der Waals surface area contributed by atoms with Gasteiger partial charge in [0.05, 0.1) is 6.61 Å². The van der Waals surface area contributed by atoms with Gasteiger partial charge in [0, 0.05) is 5.69 Å². The molecule has 2 N–H and O–H groups in total. The molecule has 1 atom stereocenters. The fraction of sp³-hybridized carbons (Fsp3) is 0.263. The predicted octanol–water partition coefficient (Wildman–Crippen LogP) is 4.61. The molecule has 0 aliphatic heterocycles. The first kappa shape index (κ1) is 24.6. The van der Waals surface area contributed by atoms with E-state index in [-0.39, 0.29) is 5.69 Å². The smallest absolute Gasteiger partial charge is 0.461 e. The Kier molecular flexibility index (Phi) is 7.44. The number of carbonyl (C=O) groups is 2. The molecule has 0 spiro atoms. The van der Waals surface area contributed by atoms with Crippen molar-refractivity contribution in [2.24, 2.45) is 0 Å². The number of hydrogen-bond acceptors (Lipinski definition) is 5. The zero-order valence-electron chi connectivity index (χ0n) is 16.2. The lowest BCUT2D eigenvalue weighted by Gasteiger charge is -2.33. The van der Waals surface area contributed by atoms with E-state index in [1.807, 2.05) is 5.32 Å². The van der Waals surface area contributed by atoms with Crippen LogP contribution in [0.4, 0.5) is 36.8 Å². The van der Waals surface area contributed by atoms with Crippen LogP contribution in [0, 0.1) is 0 Å². The van der Waals surface area contributed by atoms with Gasteiger partial charge < -0.3 is 19.5 Å². The summed E-state index contributed by atoms with van der Waals surface area (Å²) < 4.78 is 91.4. The van der Waals surface area contributed by atoms with Gasteiger partial charge in [0.15, 0.2) is 0 Å². The average Bonchev–Trinajstić information content (AvgIpc) is 2.68. The maximum atomic E-state index is 14.0. The summed E-state index contributed by atoms with van der Waals surface area (Å²) >= 11 is 0. The van der Waals surface area contributed by atoms with E-state index in [9.17, 15) is 35.9 Å². The van der Waals surface area contributed by atoms with Crippen molar-refractivity contribution < 1.29 is 50.1 Å². The van der Waals surface area contributed by atoms with Crippen LogP contribution in [0.5, 0.6) is 11.5 Å². The van der Waals surface area contributed by atoms with E-state index in [0.29, 0.717) is 0 Å². The van der Waals surface area contributed by atoms with Crippen molar-refractivity contribution >= 4 is 17.7 Å². The van der Waals surface area contributed by atoms with Crippen LogP contribution in [0.3, 0.4) is 0 Å². The number of amides is 2. The van der Waals surface area contributed by atoms with Crippen molar-refractivity contribution in [2.75, 3.05) is 11.9 Å². The first-order chi connectivity index (χ1) is 14.9. The molecule has 0 saturated heterocycles. The third-order valence-electron chi connectivity index (χ3n) is 3.61. The van der Waals surface area contributed by atoms with Crippen molar-refractivity contribution in [2.45, 2.75) is 25.2 Å². The number of para-hydroxylation sites is 1. The summed E-state index contributed by atoms with van der Waals surface area (Å²) in [6.07, 6.45) is -10.4. The number of alkyl halides is 6. The number of halogens is 6. The summed E-state index contributed by atoms with van der Waals surface area (Å²) in [7, 11) is 0. The first-order valence-electron chi connectivity index (χ1n) is 8.79. The van der Waals surface area contributed by atoms with E-state index in [1.165, 1.54) is 30.4 Å². The number of esters is 1. The molecule has 174 valence electrons. The van der Waals surface area contributed by atoms with Crippen LogP contribution in [0.1, 0.15) is 6.92 Å². The van der Waals surface area contributed by atoms with E-state index < -0.39 is 48.4 Å². The molecular formula is C19H16F6N2O5. The number of hydrogen-bond donors (Lipinski definition) is 2. The molecule has 0 aromatic heterocycles. The SMILES string of the molecule is CCOC(=O)C(NC(=O)Nc1ccc(OC(F)(F)F)cc1)(Oc1ccccc1)C(F)(F)F. The summed E-state index contributed by atoms with van der Waals surface area (Å²) in [6, 6.07) is 8.40. The van der Waals surface area contributed by atoms with Crippen molar-refractivity contribution in [3.63, 3.8) is 0 Å². The topological polar surface area (TPSA) is 85.9 Å². The Morgan fingerprint density at radius 2 is 1.41 bits per heavy atom. The lowest BCUT2D eigenvalue weighted by molar-refractivity contribution is -0.274. The van der Waals surface area contributed by atoms with Crippen LogP contribution in [-0.2, 0) is 9.53 Å². The monoisotopic (exact) mass is 466 g/mol. The summed E-state index contributed by atoms with van der Waals surface area (Å²) in [5.74, 6) is -2.95. The van der Waals surface area contributed by atoms with Gasteiger partial charge in [-0.3, -0.25) is 5.32 Å². The summed E-state index contributed by atoms with van der Waals surface area (Å²) in [5.41, 5.74) is -4.11. The summed E-state index contributed by atoms with van der Waals surface area (Å²) in [4.78, 5) is 24.5. The minimum absolute atomic E-state index is 0.198. The Labute approximate surface area is 177 Å². The van der Waals surface area contributed by atoms with Crippen molar-refractivity contribution in [1.29, 1.82) is 0 Å². The highest BCUT2D eigenvalue weighted by Gasteiger charge is 2.66. The average molecular weight is 466 g/mol. The fourth-order valence-corrected chi connectivity index (χ4v) is 2.32. The zero-order chi connectivity index (χ0) is 24.0. The lowest BCUT2D eigenvalue weighted by Crippen LogP contribution is -2.69. The van der Waals surface area contributed by atoms with Crippen LogP contribution in [0.25, 0.3) is 0 Å². The molecule has 0 heterocycles. The highest BCUT2D eigenvalue weighted by atomic mass is 19.4. The van der Waals surface area contributed by atoms with Gasteiger partial charge >= 0.3 is 30.3 Å². The zero-order valence-corrected chi connectivity index (χ0v) is 16.2. The quantitative estimate of drug-likeness (QED) is 0.354. The fourth-order valence-electron chi connectivity index (χ4n) is 2.32. The Bertz CT molecular complexity index is 919. The molecule has 0 fully saturated rings. The van der Waals surface area contributed by atoms with Crippen LogP contribution in [-0.4, -0.2) is 36.9 Å². The second-order valence-corrected chi connectivity index (χ2v) is 5.97. The Balaban J connectivity index is 2.28. The molecule has 2 aromatic carbocycles. The Hall–Kier alpha value is -3.64. The number of nitrogens with one attached hydrogen (secondary N) is 2. The Morgan fingerprint density at radius 1 is 0.844 bits per heavy atom. The van der Waals surface area contributed by atoms with Crippen LogP contribution < -0.4 is 20.1 Å². The molecule has 7 nitrogen and oxygen atoms in total. The van der Waals surface area contributed by atoms with Gasteiger partial charge in [-0.05, 0) is 43.3 Å². The van der Waals surface area contributed by atoms with Gasteiger partial charge in [0.2, 0.25) is 0 Å². The Morgan fingerprint density at radius 3 is 1.91 bits per heavy atom. The van der Waals surface area contributed by atoms with Gasteiger partial charge in [-0.15, -0.1) is 13.2 Å². The summed E-state index contributed by atoms with van der Waals surface area (Å²) in [5, 5.41) is 3.39. The largest absolute Gasteiger partial charge is 0.573 e.